The Labute approximate surface area is 172 Å². The van der Waals surface area contributed by atoms with E-state index in [1.165, 1.54) is 11.8 Å². The Morgan fingerprint density at radius 2 is 1.86 bits per heavy atom. The molecule has 0 fully saturated rings. The van der Waals surface area contributed by atoms with E-state index >= 15 is 0 Å². The Balaban J connectivity index is 1.52. The van der Waals surface area contributed by atoms with Gasteiger partial charge in [0, 0.05) is 22.0 Å². The van der Waals surface area contributed by atoms with Crippen molar-refractivity contribution in [2.75, 3.05) is 17.2 Å². The van der Waals surface area contributed by atoms with Crippen LogP contribution >= 0.6 is 23.4 Å². The summed E-state index contributed by atoms with van der Waals surface area (Å²) in [6, 6.07) is 11.0. The van der Waals surface area contributed by atoms with Crippen molar-refractivity contribution in [3.63, 3.8) is 0 Å². The van der Waals surface area contributed by atoms with Gasteiger partial charge < -0.3 is 16.0 Å². The van der Waals surface area contributed by atoms with Crippen LogP contribution in [-0.4, -0.2) is 29.5 Å². The van der Waals surface area contributed by atoms with Crippen molar-refractivity contribution in [2.45, 2.75) is 30.4 Å². The number of hydrogen-bond donors (Lipinski definition) is 3. The highest BCUT2D eigenvalue weighted by Crippen LogP contribution is 2.38. The van der Waals surface area contributed by atoms with Crippen molar-refractivity contribution in [3.05, 3.63) is 52.5 Å². The minimum absolute atomic E-state index is 0.0186. The molecule has 1 aliphatic heterocycles. The smallest absolute Gasteiger partial charge is 0.243 e. The third-order valence-electron chi connectivity index (χ3n) is 4.32. The van der Waals surface area contributed by atoms with Crippen LogP contribution in [0, 0.1) is 13.8 Å². The molecule has 28 heavy (non-hydrogen) atoms. The lowest BCUT2D eigenvalue weighted by atomic mass is 10.1. The molecule has 1 atom stereocenters. The van der Waals surface area contributed by atoms with Crippen molar-refractivity contribution in [1.29, 1.82) is 0 Å². The largest absolute Gasteiger partial charge is 0.347 e. The number of aryl methyl sites for hydroxylation is 2. The minimum Gasteiger partial charge on any atom is -0.347 e. The lowest BCUT2D eigenvalue weighted by Gasteiger charge is -2.23. The Morgan fingerprint density at radius 1 is 1.14 bits per heavy atom. The first kappa shape index (κ1) is 20.2. The van der Waals surface area contributed by atoms with Crippen molar-refractivity contribution in [2.24, 2.45) is 0 Å². The number of rotatable bonds is 5. The second-order valence-corrected chi connectivity index (χ2v) is 8.21. The number of amides is 3. The van der Waals surface area contributed by atoms with E-state index < -0.39 is 5.25 Å². The van der Waals surface area contributed by atoms with Crippen molar-refractivity contribution in [1.82, 2.24) is 5.32 Å². The predicted octanol–water partition coefficient (Wildman–Crippen LogP) is 3.51. The van der Waals surface area contributed by atoms with Gasteiger partial charge in [0.05, 0.1) is 17.5 Å². The molecule has 2 aromatic carbocycles. The summed E-state index contributed by atoms with van der Waals surface area (Å²) < 4.78 is 0. The number of nitrogens with one attached hydrogen (secondary N) is 3. The topological polar surface area (TPSA) is 87.3 Å². The maximum atomic E-state index is 12.2. The molecule has 146 valence electrons. The van der Waals surface area contributed by atoms with Gasteiger partial charge in [-0.2, -0.15) is 0 Å². The summed E-state index contributed by atoms with van der Waals surface area (Å²) in [5, 5.41) is 8.13. The van der Waals surface area contributed by atoms with E-state index in [0.717, 1.165) is 21.7 Å². The van der Waals surface area contributed by atoms with Gasteiger partial charge in [0.25, 0.3) is 0 Å². The Morgan fingerprint density at radius 3 is 2.57 bits per heavy atom. The van der Waals surface area contributed by atoms with E-state index in [-0.39, 0.29) is 30.7 Å². The summed E-state index contributed by atoms with van der Waals surface area (Å²) >= 11 is 7.24. The molecule has 0 saturated carbocycles. The van der Waals surface area contributed by atoms with Crippen molar-refractivity contribution >= 4 is 52.5 Å². The molecule has 0 saturated heterocycles. The molecule has 3 rings (SSSR count). The quantitative estimate of drug-likeness (QED) is 0.694. The van der Waals surface area contributed by atoms with E-state index in [0.29, 0.717) is 10.7 Å². The second-order valence-electron chi connectivity index (χ2n) is 6.53. The van der Waals surface area contributed by atoms with Gasteiger partial charge >= 0.3 is 0 Å². The number of anilines is 2. The lowest BCUT2D eigenvalue weighted by molar-refractivity contribution is -0.125. The molecule has 0 radical (unpaired) electrons. The Bertz CT molecular complexity index is 928. The number of benzene rings is 2. The summed E-state index contributed by atoms with van der Waals surface area (Å²) in [4.78, 5) is 37.4. The summed E-state index contributed by atoms with van der Waals surface area (Å²) in [6.45, 7) is 3.66. The molecular formula is C20H20ClN3O3S. The van der Waals surface area contributed by atoms with Crippen LogP contribution in [0.25, 0.3) is 0 Å². The van der Waals surface area contributed by atoms with Gasteiger partial charge in [-0.15, -0.1) is 11.8 Å². The molecule has 1 aliphatic rings. The van der Waals surface area contributed by atoms with Gasteiger partial charge in [-0.1, -0.05) is 29.8 Å². The predicted molar refractivity (Wildman–Crippen MR) is 112 cm³/mol. The van der Waals surface area contributed by atoms with E-state index in [4.69, 9.17) is 11.6 Å². The fraction of sp³-hybridized carbons (Fsp3) is 0.250. The summed E-state index contributed by atoms with van der Waals surface area (Å²) in [7, 11) is 0. The van der Waals surface area contributed by atoms with E-state index in [1.54, 1.807) is 12.1 Å². The van der Waals surface area contributed by atoms with Gasteiger partial charge in [-0.3, -0.25) is 14.4 Å². The highest BCUT2D eigenvalue weighted by Gasteiger charge is 2.29. The molecule has 0 aliphatic carbocycles. The molecule has 3 amide bonds. The first-order chi connectivity index (χ1) is 13.3. The molecule has 2 aromatic rings. The summed E-state index contributed by atoms with van der Waals surface area (Å²) in [5.74, 6) is -0.928. The number of carbonyl (C=O) groups is 3. The molecule has 3 N–H and O–H groups in total. The maximum Gasteiger partial charge on any atom is 0.243 e. The van der Waals surface area contributed by atoms with Gasteiger partial charge in [0.15, 0.2) is 0 Å². The molecule has 0 bridgehead atoms. The highest BCUT2D eigenvalue weighted by molar-refractivity contribution is 8.01. The summed E-state index contributed by atoms with van der Waals surface area (Å²) in [6.07, 6.45) is -0.0186. The zero-order valence-electron chi connectivity index (χ0n) is 15.5. The van der Waals surface area contributed by atoms with Gasteiger partial charge in [-0.05, 0) is 43.2 Å². The molecule has 1 heterocycles. The first-order valence-electron chi connectivity index (χ1n) is 8.73. The second kappa shape index (κ2) is 8.67. The third-order valence-corrected chi connectivity index (χ3v) is 5.83. The number of carbonyl (C=O) groups excluding carboxylic acids is 3. The first-order valence-corrected chi connectivity index (χ1v) is 9.99. The lowest BCUT2D eigenvalue weighted by Crippen LogP contribution is -2.38. The van der Waals surface area contributed by atoms with Crippen LogP contribution in [0.5, 0.6) is 0 Å². The molecular weight excluding hydrogens is 398 g/mol. The van der Waals surface area contributed by atoms with E-state index in [2.05, 4.69) is 16.0 Å². The van der Waals surface area contributed by atoms with Crippen LogP contribution in [0.2, 0.25) is 5.02 Å². The highest BCUT2D eigenvalue weighted by atomic mass is 35.5. The fourth-order valence-corrected chi connectivity index (χ4v) is 4.13. The van der Waals surface area contributed by atoms with E-state index in [9.17, 15) is 14.4 Å². The number of thioether (sulfide) groups is 1. The third kappa shape index (κ3) is 4.85. The average molecular weight is 418 g/mol. The molecule has 0 spiro atoms. The number of hydrogen-bond acceptors (Lipinski definition) is 4. The average Bonchev–Trinajstić information content (AvgIpc) is 2.64. The zero-order valence-corrected chi connectivity index (χ0v) is 17.0. The van der Waals surface area contributed by atoms with Crippen LogP contribution < -0.4 is 16.0 Å². The van der Waals surface area contributed by atoms with E-state index in [1.807, 2.05) is 38.1 Å². The normalized spacial score (nSPS) is 15.4. The molecule has 0 aromatic heterocycles. The standard InChI is InChI=1S/C20H20ClN3O3S/c1-11-4-3-5-12(2)19(11)24-18(26)10-22-17(25)9-16-20(27)23-14-8-13(21)6-7-15(14)28-16/h3-8,16H,9-10H2,1-2H3,(H,22,25)(H,23,27)(H,24,26)/t16-/m1/s1. The van der Waals surface area contributed by atoms with Gasteiger partial charge in [-0.25, -0.2) is 0 Å². The van der Waals surface area contributed by atoms with Crippen LogP contribution in [0.15, 0.2) is 41.3 Å². The van der Waals surface area contributed by atoms with Crippen LogP contribution in [-0.2, 0) is 14.4 Å². The molecule has 8 heteroatoms. The number of para-hydroxylation sites is 1. The molecule has 6 nitrogen and oxygen atoms in total. The van der Waals surface area contributed by atoms with Crippen molar-refractivity contribution in [3.8, 4) is 0 Å². The van der Waals surface area contributed by atoms with Gasteiger partial charge in [0.2, 0.25) is 17.7 Å². The molecule has 0 unspecified atom stereocenters. The van der Waals surface area contributed by atoms with Crippen molar-refractivity contribution < 1.29 is 14.4 Å². The zero-order chi connectivity index (χ0) is 20.3. The van der Waals surface area contributed by atoms with Gasteiger partial charge in [0.1, 0.15) is 0 Å². The van der Waals surface area contributed by atoms with Crippen LogP contribution in [0.3, 0.4) is 0 Å². The SMILES string of the molecule is Cc1cccc(C)c1NC(=O)CNC(=O)C[C@H]1Sc2ccc(Cl)cc2NC1=O. The summed E-state index contributed by atoms with van der Waals surface area (Å²) in [5.41, 5.74) is 3.30. The Kier molecular flexibility index (Phi) is 6.26. The number of fused-ring (bicyclic) bond motifs is 1. The minimum atomic E-state index is -0.560. The monoisotopic (exact) mass is 417 g/mol. The number of halogens is 1. The maximum absolute atomic E-state index is 12.2. The van der Waals surface area contributed by atoms with Crippen LogP contribution in [0.4, 0.5) is 11.4 Å². The van der Waals surface area contributed by atoms with Crippen LogP contribution in [0.1, 0.15) is 17.5 Å². The fourth-order valence-electron chi connectivity index (χ4n) is 2.87. The Hall–Kier alpha value is -2.51.